The average Bonchev–Trinajstić information content (AvgIpc) is 2.33. The van der Waals surface area contributed by atoms with Crippen LogP contribution in [0.2, 0.25) is 0 Å². The van der Waals surface area contributed by atoms with E-state index in [9.17, 15) is 17.6 Å². The van der Waals surface area contributed by atoms with Crippen molar-refractivity contribution >= 4 is 16.0 Å². The van der Waals surface area contributed by atoms with E-state index in [0.29, 0.717) is 0 Å². The molecule has 0 saturated heterocycles. The number of carbonyl (C=O) groups excluding carboxylic acids is 1. The Hall–Kier alpha value is -1.51. The second kappa shape index (κ2) is 6.29. The highest BCUT2D eigenvalue weighted by Gasteiger charge is 2.28. The average molecular weight is 305 g/mol. The number of esters is 1. The maximum Gasteiger partial charge on any atom is 0.326 e. The fourth-order valence-electron chi connectivity index (χ4n) is 1.87. The Bertz CT molecular complexity index is 591. The lowest BCUT2D eigenvalue weighted by Gasteiger charge is -2.16. The normalized spacial score (nSPS) is 13.1. The van der Waals surface area contributed by atoms with E-state index >= 15 is 0 Å². The van der Waals surface area contributed by atoms with Crippen LogP contribution in [0, 0.1) is 19.7 Å². The number of aryl methyl sites for hydroxylation is 2. The standard InChI is InChI=1S/C12H16FNO5S/c1-7-4-9(13)5-8(2)11(7)20(17,18)14-10(6-15)12(16)19-3/h4-5,10,14-15H,6H2,1-3H3. The first-order chi connectivity index (χ1) is 9.22. The van der Waals surface area contributed by atoms with Crippen LogP contribution in [0.4, 0.5) is 4.39 Å². The van der Waals surface area contributed by atoms with Crippen LogP contribution in [0.25, 0.3) is 0 Å². The molecule has 1 unspecified atom stereocenters. The van der Waals surface area contributed by atoms with Crippen molar-refractivity contribution in [3.8, 4) is 0 Å². The van der Waals surface area contributed by atoms with Crippen molar-refractivity contribution in [3.63, 3.8) is 0 Å². The minimum Gasteiger partial charge on any atom is -0.468 e. The number of rotatable bonds is 5. The Kier molecular flexibility index (Phi) is 5.21. The molecule has 0 bridgehead atoms. The van der Waals surface area contributed by atoms with E-state index in [1.165, 1.54) is 13.8 Å². The number of carbonyl (C=O) groups is 1. The van der Waals surface area contributed by atoms with Crippen LogP contribution in [-0.4, -0.2) is 39.3 Å². The highest BCUT2D eigenvalue weighted by atomic mass is 32.2. The number of nitrogens with one attached hydrogen (secondary N) is 1. The smallest absolute Gasteiger partial charge is 0.326 e. The summed E-state index contributed by atoms with van der Waals surface area (Å²) in [5, 5.41) is 9.03. The van der Waals surface area contributed by atoms with Gasteiger partial charge in [0.1, 0.15) is 11.9 Å². The van der Waals surface area contributed by atoms with Crippen LogP contribution in [0.15, 0.2) is 17.0 Å². The molecular formula is C12H16FNO5S. The van der Waals surface area contributed by atoms with Gasteiger partial charge in [0.15, 0.2) is 0 Å². The van der Waals surface area contributed by atoms with E-state index in [1.807, 2.05) is 4.72 Å². The molecule has 0 aliphatic heterocycles. The number of sulfonamides is 1. The fraction of sp³-hybridized carbons (Fsp3) is 0.417. The van der Waals surface area contributed by atoms with Crippen molar-refractivity contribution in [1.82, 2.24) is 4.72 Å². The zero-order valence-corrected chi connectivity index (χ0v) is 12.1. The summed E-state index contributed by atoms with van der Waals surface area (Å²) in [5.74, 6) is -1.46. The zero-order valence-electron chi connectivity index (χ0n) is 11.3. The molecule has 0 heterocycles. The van der Waals surface area contributed by atoms with E-state index < -0.39 is 34.5 Å². The molecule has 0 spiro atoms. The third kappa shape index (κ3) is 3.53. The largest absolute Gasteiger partial charge is 0.468 e. The van der Waals surface area contributed by atoms with Gasteiger partial charge in [0.2, 0.25) is 10.0 Å². The second-order valence-electron chi connectivity index (χ2n) is 4.25. The molecule has 112 valence electrons. The Labute approximate surface area is 116 Å². The molecule has 0 aliphatic rings. The predicted molar refractivity (Wildman–Crippen MR) is 69.1 cm³/mol. The van der Waals surface area contributed by atoms with Gasteiger partial charge < -0.3 is 9.84 Å². The lowest BCUT2D eigenvalue weighted by atomic mass is 10.1. The SMILES string of the molecule is COC(=O)C(CO)NS(=O)(=O)c1c(C)cc(F)cc1C. The molecule has 2 N–H and O–H groups in total. The van der Waals surface area contributed by atoms with Crippen molar-refractivity contribution in [3.05, 3.63) is 29.1 Å². The van der Waals surface area contributed by atoms with Crippen LogP contribution < -0.4 is 4.72 Å². The van der Waals surface area contributed by atoms with Gasteiger partial charge >= 0.3 is 5.97 Å². The Morgan fingerprint density at radius 1 is 1.40 bits per heavy atom. The molecule has 0 saturated carbocycles. The summed E-state index contributed by atoms with van der Waals surface area (Å²) in [5.41, 5.74) is 0.410. The summed E-state index contributed by atoms with van der Waals surface area (Å²) in [6.07, 6.45) is 0. The number of ether oxygens (including phenoxy) is 1. The molecule has 0 radical (unpaired) electrons. The van der Waals surface area contributed by atoms with Gasteiger partial charge in [-0.25, -0.2) is 12.8 Å². The van der Waals surface area contributed by atoms with Gasteiger partial charge in [-0.15, -0.1) is 0 Å². The monoisotopic (exact) mass is 305 g/mol. The fourth-order valence-corrected chi connectivity index (χ4v) is 3.50. The summed E-state index contributed by atoms with van der Waals surface area (Å²) in [7, 11) is -3.01. The molecule has 0 aliphatic carbocycles. The molecule has 1 aromatic rings. The summed E-state index contributed by atoms with van der Waals surface area (Å²) in [4.78, 5) is 11.2. The summed E-state index contributed by atoms with van der Waals surface area (Å²) >= 11 is 0. The highest BCUT2D eigenvalue weighted by Crippen LogP contribution is 2.21. The Morgan fingerprint density at radius 3 is 2.30 bits per heavy atom. The first-order valence-corrected chi connectivity index (χ1v) is 7.19. The second-order valence-corrected chi connectivity index (χ2v) is 5.90. The van der Waals surface area contributed by atoms with Gasteiger partial charge in [0.25, 0.3) is 0 Å². The third-order valence-corrected chi connectivity index (χ3v) is 4.44. The molecule has 1 rings (SSSR count). The molecule has 1 aromatic carbocycles. The molecule has 0 aromatic heterocycles. The Morgan fingerprint density at radius 2 is 1.90 bits per heavy atom. The van der Waals surface area contributed by atoms with Crippen molar-refractivity contribution in [2.45, 2.75) is 24.8 Å². The third-order valence-electron chi connectivity index (χ3n) is 2.66. The molecule has 8 heteroatoms. The lowest BCUT2D eigenvalue weighted by molar-refractivity contribution is -0.143. The highest BCUT2D eigenvalue weighted by molar-refractivity contribution is 7.89. The number of hydrogen-bond donors (Lipinski definition) is 2. The van der Waals surface area contributed by atoms with Crippen LogP contribution in [0.3, 0.4) is 0 Å². The van der Waals surface area contributed by atoms with Gasteiger partial charge in [-0.05, 0) is 37.1 Å². The van der Waals surface area contributed by atoms with Crippen LogP contribution in [0.1, 0.15) is 11.1 Å². The van der Waals surface area contributed by atoms with Gasteiger partial charge in [-0.3, -0.25) is 4.79 Å². The summed E-state index contributed by atoms with van der Waals surface area (Å²) in [6.45, 7) is 2.14. The first kappa shape index (κ1) is 16.5. The number of aliphatic hydroxyl groups is 1. The van der Waals surface area contributed by atoms with Crippen molar-refractivity contribution < 1.29 is 27.4 Å². The number of aliphatic hydroxyl groups excluding tert-OH is 1. The van der Waals surface area contributed by atoms with Crippen molar-refractivity contribution in [1.29, 1.82) is 0 Å². The molecule has 0 fully saturated rings. The van der Waals surface area contributed by atoms with Crippen molar-refractivity contribution in [2.75, 3.05) is 13.7 Å². The quantitative estimate of drug-likeness (QED) is 0.761. The topological polar surface area (TPSA) is 92.7 Å². The molecular weight excluding hydrogens is 289 g/mol. The number of benzene rings is 1. The molecule has 1 atom stereocenters. The number of halogens is 1. The maximum absolute atomic E-state index is 13.2. The zero-order chi connectivity index (χ0) is 15.5. The minimum absolute atomic E-state index is 0.124. The summed E-state index contributed by atoms with van der Waals surface area (Å²) < 4.78 is 44.0. The van der Waals surface area contributed by atoms with Gasteiger partial charge in [-0.2, -0.15) is 4.72 Å². The van der Waals surface area contributed by atoms with E-state index in [0.717, 1.165) is 19.2 Å². The number of hydrogen-bond acceptors (Lipinski definition) is 5. The van der Waals surface area contributed by atoms with Crippen LogP contribution >= 0.6 is 0 Å². The predicted octanol–water partition coefficient (Wildman–Crippen LogP) is 0.255. The van der Waals surface area contributed by atoms with Crippen molar-refractivity contribution in [2.24, 2.45) is 0 Å². The molecule has 20 heavy (non-hydrogen) atoms. The first-order valence-electron chi connectivity index (χ1n) is 5.70. The molecule has 0 amide bonds. The lowest BCUT2D eigenvalue weighted by Crippen LogP contribution is -2.44. The van der Waals surface area contributed by atoms with E-state index in [-0.39, 0.29) is 16.0 Å². The van der Waals surface area contributed by atoms with Gasteiger partial charge in [0.05, 0.1) is 18.6 Å². The maximum atomic E-state index is 13.2. The minimum atomic E-state index is -4.08. The van der Waals surface area contributed by atoms with Gasteiger partial charge in [-0.1, -0.05) is 0 Å². The number of methoxy groups -OCH3 is 1. The van der Waals surface area contributed by atoms with E-state index in [2.05, 4.69) is 4.74 Å². The Balaban J connectivity index is 3.21. The van der Waals surface area contributed by atoms with Crippen LogP contribution in [0.5, 0.6) is 0 Å². The van der Waals surface area contributed by atoms with Crippen LogP contribution in [-0.2, 0) is 19.6 Å². The van der Waals surface area contributed by atoms with Gasteiger partial charge in [0, 0.05) is 0 Å². The van der Waals surface area contributed by atoms with E-state index in [4.69, 9.17) is 5.11 Å². The van der Waals surface area contributed by atoms with E-state index in [1.54, 1.807) is 0 Å². The summed E-state index contributed by atoms with van der Waals surface area (Å²) in [6, 6.07) is 0.746. The molecule has 6 nitrogen and oxygen atoms in total.